The Kier molecular flexibility index (Phi) is 7.08. The van der Waals surface area contributed by atoms with Crippen molar-refractivity contribution in [2.45, 2.75) is 25.6 Å². The third-order valence-corrected chi connectivity index (χ3v) is 6.46. The van der Waals surface area contributed by atoms with Crippen molar-refractivity contribution in [2.75, 3.05) is 0 Å². The lowest BCUT2D eigenvalue weighted by atomic mass is 9.82. The molecule has 182 valence electrons. The summed E-state index contributed by atoms with van der Waals surface area (Å²) in [4.78, 5) is 30.2. The van der Waals surface area contributed by atoms with Gasteiger partial charge >= 0.3 is 0 Å². The van der Waals surface area contributed by atoms with Crippen LogP contribution in [0.1, 0.15) is 23.1 Å². The normalized spacial score (nSPS) is 14.4. The Hall–Kier alpha value is -4.71. The molecule has 0 spiro atoms. The molecule has 6 rings (SSSR count). The van der Waals surface area contributed by atoms with Gasteiger partial charge in [0, 0.05) is 49.3 Å². The number of fused-ring (bicyclic) bond motifs is 5. The number of non-ortho nitro benzene ring substituents is 1. The molecule has 0 saturated carbocycles. The van der Waals surface area contributed by atoms with Gasteiger partial charge in [-0.3, -0.25) is 20.1 Å². The third-order valence-electron chi connectivity index (χ3n) is 6.46. The van der Waals surface area contributed by atoms with Crippen LogP contribution >= 0.6 is 0 Å². The number of rotatable bonds is 4. The zero-order valence-corrected chi connectivity index (χ0v) is 19.9. The number of carbonyl (C=O) groups excluding carboxylic acids is 1. The molecule has 1 atom stereocenters. The van der Waals surface area contributed by atoms with Crippen LogP contribution in [0, 0.1) is 10.1 Å². The van der Waals surface area contributed by atoms with Gasteiger partial charge in [0.05, 0.1) is 23.0 Å². The molecule has 0 bridgehead atoms. The fourth-order valence-electron chi connectivity index (χ4n) is 4.78. The summed E-state index contributed by atoms with van der Waals surface area (Å²) >= 11 is 0. The van der Waals surface area contributed by atoms with Gasteiger partial charge in [0.2, 0.25) is 0 Å². The standard InChI is InChI=1S/C26H19NO4.C4H4N2/c28-15-18-13-19(31-16-17-5-2-1-3-6-17)14-25-20(18)9-10-22-21-7-4-8-26(27(29)30)24(21)12-11-23(22)25;1-2-6-4-3-5-1/h1-12,19H,13-14,16H2;1-4H. The highest BCUT2D eigenvalue weighted by Gasteiger charge is 2.26. The fourth-order valence-corrected chi connectivity index (χ4v) is 4.78. The molecule has 1 aliphatic carbocycles. The van der Waals surface area contributed by atoms with E-state index in [0.717, 1.165) is 32.8 Å². The van der Waals surface area contributed by atoms with E-state index in [0.29, 0.717) is 30.4 Å². The lowest BCUT2D eigenvalue weighted by Crippen LogP contribution is -2.22. The molecule has 0 fully saturated rings. The molecule has 0 amide bonds. The van der Waals surface area contributed by atoms with E-state index in [4.69, 9.17) is 4.74 Å². The summed E-state index contributed by atoms with van der Waals surface area (Å²) in [5, 5.41) is 14.8. The number of nitro benzene ring substituents is 1. The zero-order valence-electron chi connectivity index (χ0n) is 19.9. The topological polar surface area (TPSA) is 95.2 Å². The van der Waals surface area contributed by atoms with Gasteiger partial charge in [-0.2, -0.15) is 0 Å². The monoisotopic (exact) mass is 489 g/mol. The number of ether oxygens (including phenoxy) is 1. The molecule has 0 radical (unpaired) electrons. The van der Waals surface area contributed by atoms with Crippen LogP contribution in [0.15, 0.2) is 97.6 Å². The van der Waals surface area contributed by atoms with Gasteiger partial charge in [-0.1, -0.05) is 60.7 Å². The molecule has 0 saturated heterocycles. The Labute approximate surface area is 213 Å². The van der Waals surface area contributed by atoms with Gasteiger partial charge < -0.3 is 4.74 Å². The minimum absolute atomic E-state index is 0.0923. The van der Waals surface area contributed by atoms with Crippen molar-refractivity contribution in [2.24, 2.45) is 0 Å². The van der Waals surface area contributed by atoms with E-state index in [1.807, 2.05) is 54.6 Å². The Morgan fingerprint density at radius 1 is 0.811 bits per heavy atom. The van der Waals surface area contributed by atoms with E-state index in [9.17, 15) is 14.9 Å². The average Bonchev–Trinajstić information content (AvgIpc) is 2.96. The quantitative estimate of drug-likeness (QED) is 0.131. The molecular weight excluding hydrogens is 466 g/mol. The predicted octanol–water partition coefficient (Wildman–Crippen LogP) is 6.12. The van der Waals surface area contributed by atoms with E-state index in [1.165, 1.54) is 6.07 Å². The molecule has 4 aromatic carbocycles. The molecular formula is C30H23N3O4. The van der Waals surface area contributed by atoms with Crippen molar-refractivity contribution >= 4 is 38.7 Å². The van der Waals surface area contributed by atoms with Gasteiger partial charge in [0.1, 0.15) is 5.94 Å². The van der Waals surface area contributed by atoms with Crippen LogP contribution in [0.2, 0.25) is 0 Å². The zero-order chi connectivity index (χ0) is 25.6. The Balaban J connectivity index is 0.000000412. The second kappa shape index (κ2) is 10.9. The Morgan fingerprint density at radius 3 is 2.16 bits per heavy atom. The number of benzene rings is 4. The van der Waals surface area contributed by atoms with Crippen LogP contribution in [0.4, 0.5) is 5.69 Å². The molecule has 7 heteroatoms. The second-order valence-corrected chi connectivity index (χ2v) is 8.68. The largest absolute Gasteiger partial charge is 0.373 e. The van der Waals surface area contributed by atoms with E-state index >= 15 is 0 Å². The first kappa shape index (κ1) is 24.0. The first-order chi connectivity index (χ1) is 18.2. The number of nitrogens with zero attached hydrogens (tertiary/aromatic N) is 3. The van der Waals surface area contributed by atoms with Crippen molar-refractivity contribution < 1.29 is 14.5 Å². The molecule has 1 aliphatic rings. The Morgan fingerprint density at radius 2 is 1.49 bits per heavy atom. The summed E-state index contributed by atoms with van der Waals surface area (Å²) in [6, 6.07) is 22.7. The molecule has 1 heterocycles. The number of nitro groups is 1. The van der Waals surface area contributed by atoms with Gasteiger partial charge in [-0.05, 0) is 38.9 Å². The maximum Gasteiger partial charge on any atom is 0.277 e. The summed E-state index contributed by atoms with van der Waals surface area (Å²) in [5.41, 5.74) is 3.72. The summed E-state index contributed by atoms with van der Waals surface area (Å²) in [5.74, 6) is 2.11. The molecule has 7 nitrogen and oxygen atoms in total. The second-order valence-electron chi connectivity index (χ2n) is 8.68. The van der Waals surface area contributed by atoms with Gasteiger partial charge in [-0.15, -0.1) is 0 Å². The summed E-state index contributed by atoms with van der Waals surface area (Å²) < 4.78 is 6.16. The van der Waals surface area contributed by atoms with Crippen molar-refractivity contribution in [1.29, 1.82) is 0 Å². The van der Waals surface area contributed by atoms with E-state index in [2.05, 4.69) is 15.9 Å². The molecule has 0 N–H and O–H groups in total. The van der Waals surface area contributed by atoms with Crippen LogP contribution in [0.3, 0.4) is 0 Å². The van der Waals surface area contributed by atoms with Crippen molar-refractivity contribution in [3.8, 4) is 0 Å². The number of aromatic nitrogens is 2. The molecule has 0 aliphatic heterocycles. The first-order valence-corrected chi connectivity index (χ1v) is 11.9. The minimum Gasteiger partial charge on any atom is -0.373 e. The van der Waals surface area contributed by atoms with Crippen LogP contribution in [0.5, 0.6) is 0 Å². The van der Waals surface area contributed by atoms with Crippen molar-refractivity contribution in [3.63, 3.8) is 0 Å². The van der Waals surface area contributed by atoms with Gasteiger partial charge in [-0.25, -0.2) is 4.79 Å². The van der Waals surface area contributed by atoms with E-state index in [1.54, 1.807) is 36.9 Å². The van der Waals surface area contributed by atoms with Gasteiger partial charge in [0.15, 0.2) is 0 Å². The van der Waals surface area contributed by atoms with Crippen molar-refractivity contribution in [1.82, 2.24) is 9.97 Å². The van der Waals surface area contributed by atoms with E-state index in [-0.39, 0.29) is 16.7 Å². The molecule has 5 aromatic rings. The molecule has 37 heavy (non-hydrogen) atoms. The lowest BCUT2D eigenvalue weighted by molar-refractivity contribution is -0.383. The van der Waals surface area contributed by atoms with E-state index < -0.39 is 0 Å². The molecule has 1 aromatic heterocycles. The predicted molar refractivity (Wildman–Crippen MR) is 143 cm³/mol. The number of hydrogen-bond acceptors (Lipinski definition) is 6. The summed E-state index contributed by atoms with van der Waals surface area (Å²) in [7, 11) is 0. The van der Waals surface area contributed by atoms with Crippen LogP contribution < -0.4 is 0 Å². The SMILES string of the molecule is O=C=C1CC(OCc2ccccc2)Cc2c1ccc1c2ccc2c([N+](=O)[O-])cccc21.c1cnccn1. The van der Waals surface area contributed by atoms with Crippen molar-refractivity contribution in [3.05, 3.63) is 124 Å². The highest BCUT2D eigenvalue weighted by Crippen LogP contribution is 2.39. The smallest absolute Gasteiger partial charge is 0.277 e. The highest BCUT2D eigenvalue weighted by molar-refractivity contribution is 6.12. The van der Waals surface area contributed by atoms with Crippen LogP contribution in [-0.4, -0.2) is 26.9 Å². The van der Waals surface area contributed by atoms with Crippen LogP contribution in [-0.2, 0) is 22.6 Å². The maximum atomic E-state index is 11.7. The van der Waals surface area contributed by atoms with Crippen LogP contribution in [0.25, 0.3) is 27.1 Å². The fraction of sp³-hybridized carbons (Fsp3) is 0.133. The third kappa shape index (κ3) is 5.14. The summed E-state index contributed by atoms with van der Waals surface area (Å²) in [6.45, 7) is 0.479. The minimum atomic E-state index is -0.354. The number of hydrogen-bond donors (Lipinski definition) is 0. The molecule has 1 unspecified atom stereocenters. The lowest BCUT2D eigenvalue weighted by Gasteiger charge is -2.27. The summed E-state index contributed by atoms with van der Waals surface area (Å²) in [6.07, 6.45) is 7.62. The first-order valence-electron chi connectivity index (χ1n) is 11.9. The van der Waals surface area contributed by atoms with Gasteiger partial charge in [0.25, 0.3) is 5.69 Å². The maximum absolute atomic E-state index is 11.7. The average molecular weight is 490 g/mol. The highest BCUT2D eigenvalue weighted by atomic mass is 16.6. The Bertz CT molecular complexity index is 1590.